The maximum Gasteiger partial charge on any atom is 0.0991 e. The molecule has 1 unspecified atom stereocenters. The van der Waals surface area contributed by atoms with E-state index in [2.05, 4.69) is 11.4 Å². The summed E-state index contributed by atoms with van der Waals surface area (Å²) < 4.78 is 5.68. The van der Waals surface area contributed by atoms with E-state index in [1.54, 1.807) is 0 Å². The normalized spacial score (nSPS) is 19.4. The zero-order valence-corrected chi connectivity index (χ0v) is 10.7. The molecule has 1 aliphatic rings. The average molecular weight is 244 g/mol. The van der Waals surface area contributed by atoms with Crippen molar-refractivity contribution in [1.29, 1.82) is 5.26 Å². The smallest absolute Gasteiger partial charge is 0.0991 e. The Bertz CT molecular complexity index is 388. The summed E-state index contributed by atoms with van der Waals surface area (Å²) in [5.74, 6) is 0. The topological polar surface area (TPSA) is 45.0 Å². The third-order valence-electron chi connectivity index (χ3n) is 3.33. The SMILES string of the molecule is N#Cc1ccc(CNCCC2CCCCO2)cc1. The van der Waals surface area contributed by atoms with E-state index in [4.69, 9.17) is 10.00 Å². The van der Waals surface area contributed by atoms with Gasteiger partial charge in [0.15, 0.2) is 0 Å². The van der Waals surface area contributed by atoms with Crippen LogP contribution in [0.25, 0.3) is 0 Å². The van der Waals surface area contributed by atoms with Gasteiger partial charge in [-0.25, -0.2) is 0 Å². The molecular weight excluding hydrogens is 224 g/mol. The van der Waals surface area contributed by atoms with Crippen LogP contribution in [0.5, 0.6) is 0 Å². The minimum atomic E-state index is 0.451. The van der Waals surface area contributed by atoms with Crippen LogP contribution in [0.15, 0.2) is 24.3 Å². The number of hydrogen-bond acceptors (Lipinski definition) is 3. The molecule has 1 aromatic rings. The molecule has 18 heavy (non-hydrogen) atoms. The van der Waals surface area contributed by atoms with Gasteiger partial charge >= 0.3 is 0 Å². The van der Waals surface area contributed by atoms with E-state index in [1.165, 1.54) is 24.8 Å². The van der Waals surface area contributed by atoms with Gasteiger partial charge in [-0.3, -0.25) is 0 Å². The summed E-state index contributed by atoms with van der Waals surface area (Å²) in [6, 6.07) is 9.86. The molecule has 1 aromatic carbocycles. The molecule has 0 radical (unpaired) electrons. The molecule has 96 valence electrons. The van der Waals surface area contributed by atoms with Crippen molar-refractivity contribution in [3.8, 4) is 6.07 Å². The Hall–Kier alpha value is -1.37. The second kappa shape index (κ2) is 7.15. The molecule has 0 amide bonds. The predicted molar refractivity (Wildman–Crippen MR) is 71.1 cm³/mol. The quantitative estimate of drug-likeness (QED) is 0.810. The third kappa shape index (κ3) is 4.14. The van der Waals surface area contributed by atoms with Crippen LogP contribution in [0.3, 0.4) is 0 Å². The lowest BCUT2D eigenvalue weighted by Gasteiger charge is -2.22. The standard InChI is InChI=1S/C15H20N2O/c16-11-13-4-6-14(7-5-13)12-17-9-8-15-3-1-2-10-18-15/h4-7,15,17H,1-3,8-10,12H2. The predicted octanol–water partition coefficient (Wildman–Crippen LogP) is 2.61. The largest absolute Gasteiger partial charge is 0.378 e. The van der Waals surface area contributed by atoms with Gasteiger partial charge in [0.25, 0.3) is 0 Å². The van der Waals surface area contributed by atoms with Crippen molar-refractivity contribution < 1.29 is 4.74 Å². The molecule has 0 aromatic heterocycles. The molecule has 0 bridgehead atoms. The number of rotatable bonds is 5. The summed E-state index contributed by atoms with van der Waals surface area (Å²) in [6.45, 7) is 2.78. The molecule has 1 N–H and O–H groups in total. The van der Waals surface area contributed by atoms with Crippen LogP contribution in [-0.4, -0.2) is 19.3 Å². The van der Waals surface area contributed by atoms with E-state index in [-0.39, 0.29) is 0 Å². The van der Waals surface area contributed by atoms with Gasteiger partial charge in [0.05, 0.1) is 17.7 Å². The van der Waals surface area contributed by atoms with Crippen LogP contribution in [0.4, 0.5) is 0 Å². The molecule has 1 aliphatic heterocycles. The Morgan fingerprint density at radius 2 is 2.11 bits per heavy atom. The molecule has 0 spiro atoms. The van der Waals surface area contributed by atoms with E-state index in [0.717, 1.165) is 26.1 Å². The van der Waals surface area contributed by atoms with Crippen molar-refractivity contribution in [3.63, 3.8) is 0 Å². The first-order chi connectivity index (χ1) is 8.88. The number of hydrogen-bond donors (Lipinski definition) is 1. The van der Waals surface area contributed by atoms with E-state index in [9.17, 15) is 0 Å². The van der Waals surface area contributed by atoms with Crippen molar-refractivity contribution >= 4 is 0 Å². The first kappa shape index (κ1) is 13.1. The van der Waals surface area contributed by atoms with Crippen molar-refractivity contribution in [2.45, 2.75) is 38.3 Å². The second-order valence-electron chi connectivity index (χ2n) is 4.76. The van der Waals surface area contributed by atoms with Gasteiger partial charge in [-0.05, 0) is 49.9 Å². The molecule has 0 saturated carbocycles. The zero-order chi connectivity index (χ0) is 12.6. The maximum atomic E-state index is 8.71. The van der Waals surface area contributed by atoms with E-state index < -0.39 is 0 Å². The van der Waals surface area contributed by atoms with Crippen molar-refractivity contribution in [3.05, 3.63) is 35.4 Å². The van der Waals surface area contributed by atoms with Crippen molar-refractivity contribution in [2.24, 2.45) is 0 Å². The minimum Gasteiger partial charge on any atom is -0.378 e. The summed E-state index contributed by atoms with van der Waals surface area (Å²) in [7, 11) is 0. The summed E-state index contributed by atoms with van der Waals surface area (Å²) in [5, 5.41) is 12.1. The lowest BCUT2D eigenvalue weighted by atomic mass is 10.1. The summed E-state index contributed by atoms with van der Waals surface area (Å²) in [4.78, 5) is 0. The highest BCUT2D eigenvalue weighted by Crippen LogP contribution is 2.14. The number of nitrogens with zero attached hydrogens (tertiary/aromatic N) is 1. The van der Waals surface area contributed by atoms with Gasteiger partial charge in [-0.1, -0.05) is 12.1 Å². The van der Waals surface area contributed by atoms with Crippen LogP contribution < -0.4 is 5.32 Å². The fraction of sp³-hybridized carbons (Fsp3) is 0.533. The molecule has 1 fully saturated rings. The highest BCUT2D eigenvalue weighted by Gasteiger charge is 2.12. The van der Waals surface area contributed by atoms with E-state index in [0.29, 0.717) is 11.7 Å². The third-order valence-corrected chi connectivity index (χ3v) is 3.33. The molecular formula is C15H20N2O. The van der Waals surface area contributed by atoms with Gasteiger partial charge in [-0.2, -0.15) is 5.26 Å². The lowest BCUT2D eigenvalue weighted by Crippen LogP contribution is -2.25. The average Bonchev–Trinajstić information content (AvgIpc) is 2.45. The van der Waals surface area contributed by atoms with Gasteiger partial charge in [0.2, 0.25) is 0 Å². The van der Waals surface area contributed by atoms with Gasteiger partial charge < -0.3 is 10.1 Å². The molecule has 1 atom stereocenters. The van der Waals surface area contributed by atoms with Crippen LogP contribution in [0.1, 0.15) is 36.8 Å². The van der Waals surface area contributed by atoms with Crippen LogP contribution >= 0.6 is 0 Å². The van der Waals surface area contributed by atoms with Gasteiger partial charge in [0.1, 0.15) is 0 Å². The molecule has 3 heteroatoms. The number of benzene rings is 1. The lowest BCUT2D eigenvalue weighted by molar-refractivity contribution is 0.0115. The number of nitrogens with one attached hydrogen (secondary N) is 1. The number of nitriles is 1. The Morgan fingerprint density at radius 1 is 1.28 bits per heavy atom. The highest BCUT2D eigenvalue weighted by atomic mass is 16.5. The molecule has 0 aliphatic carbocycles. The van der Waals surface area contributed by atoms with Crippen molar-refractivity contribution in [2.75, 3.05) is 13.2 Å². The van der Waals surface area contributed by atoms with Crippen LogP contribution in [-0.2, 0) is 11.3 Å². The zero-order valence-electron chi connectivity index (χ0n) is 10.7. The van der Waals surface area contributed by atoms with E-state index >= 15 is 0 Å². The Kier molecular flexibility index (Phi) is 5.19. The summed E-state index contributed by atoms with van der Waals surface area (Å²) >= 11 is 0. The van der Waals surface area contributed by atoms with Gasteiger partial charge in [0, 0.05) is 13.2 Å². The minimum absolute atomic E-state index is 0.451. The molecule has 1 saturated heterocycles. The molecule has 3 nitrogen and oxygen atoms in total. The number of ether oxygens (including phenoxy) is 1. The fourth-order valence-corrected chi connectivity index (χ4v) is 2.23. The van der Waals surface area contributed by atoms with E-state index in [1.807, 2.05) is 24.3 Å². The Labute approximate surface area is 109 Å². The van der Waals surface area contributed by atoms with Crippen LogP contribution in [0, 0.1) is 11.3 Å². The monoisotopic (exact) mass is 244 g/mol. The first-order valence-electron chi connectivity index (χ1n) is 6.70. The fourth-order valence-electron chi connectivity index (χ4n) is 2.23. The Morgan fingerprint density at radius 3 is 2.78 bits per heavy atom. The maximum absolute atomic E-state index is 8.71. The van der Waals surface area contributed by atoms with Crippen molar-refractivity contribution in [1.82, 2.24) is 5.32 Å². The first-order valence-corrected chi connectivity index (χ1v) is 6.70. The Balaban J connectivity index is 1.63. The molecule has 2 rings (SSSR count). The highest BCUT2D eigenvalue weighted by molar-refractivity contribution is 5.31. The summed E-state index contributed by atoms with van der Waals surface area (Å²) in [6.07, 6.45) is 5.27. The summed E-state index contributed by atoms with van der Waals surface area (Å²) in [5.41, 5.74) is 1.94. The van der Waals surface area contributed by atoms with Crippen LogP contribution in [0.2, 0.25) is 0 Å². The second-order valence-corrected chi connectivity index (χ2v) is 4.76. The molecule has 1 heterocycles. The van der Waals surface area contributed by atoms with Gasteiger partial charge in [-0.15, -0.1) is 0 Å².